The van der Waals surface area contributed by atoms with Crippen molar-refractivity contribution in [2.75, 3.05) is 6.61 Å². The van der Waals surface area contributed by atoms with Crippen molar-refractivity contribution < 1.29 is 23.1 Å². The minimum absolute atomic E-state index is 0.0711. The molecule has 1 N–H and O–H groups in total. The number of ether oxygens (including phenoxy) is 1. The monoisotopic (exact) mass is 536 g/mol. The van der Waals surface area contributed by atoms with Gasteiger partial charge in [0.05, 0.1) is 31.0 Å². The molecular formula is C29H52O5Si2. The lowest BCUT2D eigenvalue weighted by Crippen LogP contribution is -2.52. The van der Waals surface area contributed by atoms with E-state index in [2.05, 4.69) is 92.8 Å². The Balaban J connectivity index is 2.33. The average Bonchev–Trinajstić information content (AvgIpc) is 2.97. The summed E-state index contributed by atoms with van der Waals surface area (Å²) in [6.07, 6.45) is 5.05. The molecule has 0 aliphatic carbocycles. The first-order valence-corrected chi connectivity index (χ1v) is 18.6. The first kappa shape index (κ1) is 31.4. The van der Waals surface area contributed by atoms with Gasteiger partial charge >= 0.3 is 8.56 Å². The molecule has 0 unspecified atom stereocenters. The summed E-state index contributed by atoms with van der Waals surface area (Å²) < 4.78 is 27.0. The highest BCUT2D eigenvalue weighted by Crippen LogP contribution is 2.41. The molecule has 1 aliphatic rings. The molecule has 0 bridgehead atoms. The highest BCUT2D eigenvalue weighted by atomic mass is 28.4. The largest absolute Gasteiger partial charge is 0.412 e. The highest BCUT2D eigenvalue weighted by molar-refractivity contribution is 6.74. The molecule has 36 heavy (non-hydrogen) atoms. The van der Waals surface area contributed by atoms with Gasteiger partial charge in [0.2, 0.25) is 0 Å². The SMILES string of the molecule is CC(C)[Si]1(C(C)C)O[C@@H](C[C@@H](OCc2ccccc2)[C@H](C)O[Si](C)(C)C(C)(C)C)C=C[C@@H](CCO)O1. The molecule has 4 atom stereocenters. The zero-order valence-corrected chi connectivity index (χ0v) is 26.4. The second-order valence-corrected chi connectivity index (χ2v) is 21.4. The van der Waals surface area contributed by atoms with Crippen LogP contribution in [0.15, 0.2) is 42.5 Å². The molecule has 0 aromatic heterocycles. The van der Waals surface area contributed by atoms with Crippen molar-refractivity contribution in [3.63, 3.8) is 0 Å². The summed E-state index contributed by atoms with van der Waals surface area (Å²) >= 11 is 0. The molecule has 1 aromatic carbocycles. The minimum atomic E-state index is -2.58. The summed E-state index contributed by atoms with van der Waals surface area (Å²) in [5, 5.41) is 9.74. The second kappa shape index (κ2) is 13.3. The van der Waals surface area contributed by atoms with Crippen LogP contribution < -0.4 is 0 Å². The predicted molar refractivity (Wildman–Crippen MR) is 154 cm³/mol. The first-order valence-electron chi connectivity index (χ1n) is 13.7. The predicted octanol–water partition coefficient (Wildman–Crippen LogP) is 7.36. The van der Waals surface area contributed by atoms with Gasteiger partial charge in [-0.25, -0.2) is 0 Å². The molecule has 1 aliphatic heterocycles. The number of rotatable bonds is 12. The van der Waals surface area contributed by atoms with Gasteiger partial charge in [0.25, 0.3) is 0 Å². The Morgan fingerprint density at radius 1 is 0.944 bits per heavy atom. The maximum atomic E-state index is 9.62. The van der Waals surface area contributed by atoms with E-state index in [0.29, 0.717) is 19.4 Å². The van der Waals surface area contributed by atoms with Gasteiger partial charge in [-0.15, -0.1) is 0 Å². The maximum Gasteiger partial charge on any atom is 0.344 e. The summed E-state index contributed by atoms with van der Waals surface area (Å²) in [4.78, 5) is 0. The molecule has 1 heterocycles. The van der Waals surface area contributed by atoms with E-state index in [1.165, 1.54) is 0 Å². The fourth-order valence-corrected chi connectivity index (χ4v) is 9.80. The van der Waals surface area contributed by atoms with E-state index in [1.54, 1.807) is 0 Å². The van der Waals surface area contributed by atoms with E-state index >= 15 is 0 Å². The fraction of sp³-hybridized carbons (Fsp3) is 0.724. The molecule has 5 nitrogen and oxygen atoms in total. The van der Waals surface area contributed by atoms with Crippen LogP contribution in [0.25, 0.3) is 0 Å². The zero-order chi connectivity index (χ0) is 27.1. The number of aliphatic hydroxyl groups excluding tert-OH is 1. The molecule has 0 saturated carbocycles. The normalized spacial score (nSPS) is 22.6. The number of hydrogen-bond donors (Lipinski definition) is 1. The summed E-state index contributed by atoms with van der Waals surface area (Å²) in [6.45, 7) is 23.0. The zero-order valence-electron chi connectivity index (χ0n) is 24.4. The summed E-state index contributed by atoms with van der Waals surface area (Å²) in [5.41, 5.74) is 1.72. The number of hydrogen-bond acceptors (Lipinski definition) is 5. The van der Waals surface area contributed by atoms with Crippen molar-refractivity contribution >= 4 is 16.9 Å². The fourth-order valence-electron chi connectivity index (χ4n) is 4.57. The molecule has 206 valence electrons. The summed E-state index contributed by atoms with van der Waals surface area (Å²) in [7, 11) is -4.56. The maximum absolute atomic E-state index is 9.62. The highest BCUT2D eigenvalue weighted by Gasteiger charge is 2.49. The van der Waals surface area contributed by atoms with E-state index in [4.69, 9.17) is 18.0 Å². The van der Waals surface area contributed by atoms with Crippen LogP contribution in [0, 0.1) is 0 Å². The van der Waals surface area contributed by atoms with E-state index in [1.807, 2.05) is 18.2 Å². The number of benzene rings is 1. The van der Waals surface area contributed by atoms with Crippen LogP contribution in [0.2, 0.25) is 29.2 Å². The van der Waals surface area contributed by atoms with Crippen LogP contribution in [-0.4, -0.2) is 53.0 Å². The first-order chi connectivity index (χ1) is 16.7. The van der Waals surface area contributed by atoms with E-state index in [0.717, 1.165) is 5.56 Å². The smallest absolute Gasteiger partial charge is 0.344 e. The van der Waals surface area contributed by atoms with Crippen molar-refractivity contribution in [1.29, 1.82) is 0 Å². The third kappa shape index (κ3) is 8.35. The van der Waals surface area contributed by atoms with Crippen molar-refractivity contribution in [2.24, 2.45) is 0 Å². The van der Waals surface area contributed by atoms with Crippen molar-refractivity contribution in [2.45, 2.75) is 128 Å². The summed E-state index contributed by atoms with van der Waals surface area (Å²) in [5.74, 6) is 0. The van der Waals surface area contributed by atoms with Crippen LogP contribution in [-0.2, 0) is 24.6 Å². The Hall–Kier alpha value is -0.806. The van der Waals surface area contributed by atoms with Crippen LogP contribution in [0.1, 0.15) is 73.8 Å². The standard InChI is InChI=1S/C29H52O5Si2/c1-22(2)36(23(3)4)33-26(18-19-30)16-17-27(34-36)20-28(31-21-25-14-12-11-13-15-25)24(5)32-35(9,10)29(6,7)8/h11-17,22-24,26-28,30H,18-21H2,1-10H3/t24-,26-,27+,28+/m0/s1. The lowest BCUT2D eigenvalue weighted by molar-refractivity contribution is -0.0516. The second-order valence-electron chi connectivity index (χ2n) is 12.4. The molecule has 1 aromatic rings. The van der Waals surface area contributed by atoms with Crippen molar-refractivity contribution in [1.82, 2.24) is 0 Å². The van der Waals surface area contributed by atoms with Gasteiger partial charge in [-0.05, 0) is 48.1 Å². The van der Waals surface area contributed by atoms with Crippen LogP contribution in [0.3, 0.4) is 0 Å². The van der Waals surface area contributed by atoms with Gasteiger partial charge in [-0.3, -0.25) is 0 Å². The number of aliphatic hydroxyl groups is 1. The van der Waals surface area contributed by atoms with E-state index in [9.17, 15) is 5.11 Å². The van der Waals surface area contributed by atoms with Crippen molar-refractivity contribution in [3.05, 3.63) is 48.0 Å². The van der Waals surface area contributed by atoms with Crippen molar-refractivity contribution in [3.8, 4) is 0 Å². The topological polar surface area (TPSA) is 57.2 Å². The Bertz CT molecular complexity index is 796. The third-order valence-electron chi connectivity index (χ3n) is 7.82. The summed E-state index contributed by atoms with van der Waals surface area (Å²) in [6, 6.07) is 10.3. The van der Waals surface area contributed by atoms with Crippen LogP contribution >= 0.6 is 0 Å². The van der Waals surface area contributed by atoms with Gasteiger partial charge in [-0.2, -0.15) is 0 Å². The molecule has 2 rings (SSSR count). The lowest BCUT2D eigenvalue weighted by atomic mass is 10.1. The molecule has 7 heteroatoms. The van der Waals surface area contributed by atoms with Gasteiger partial charge in [0.15, 0.2) is 8.32 Å². The van der Waals surface area contributed by atoms with E-state index in [-0.39, 0.29) is 47.1 Å². The molecule has 0 amide bonds. The Kier molecular flexibility index (Phi) is 11.6. The quantitative estimate of drug-likeness (QED) is 0.223. The van der Waals surface area contributed by atoms with Crippen LogP contribution in [0.4, 0.5) is 0 Å². The Labute approximate surface area is 223 Å². The molecular weight excluding hydrogens is 484 g/mol. The third-order valence-corrected chi connectivity index (χ3v) is 17.0. The van der Waals surface area contributed by atoms with E-state index < -0.39 is 16.9 Å². The van der Waals surface area contributed by atoms with Gasteiger partial charge < -0.3 is 23.1 Å². The van der Waals surface area contributed by atoms with Gasteiger partial charge in [0.1, 0.15) is 0 Å². The van der Waals surface area contributed by atoms with Gasteiger partial charge in [0, 0.05) is 13.0 Å². The molecule has 0 radical (unpaired) electrons. The Morgan fingerprint density at radius 3 is 2.03 bits per heavy atom. The molecule has 0 spiro atoms. The minimum Gasteiger partial charge on any atom is -0.412 e. The molecule has 0 saturated heterocycles. The lowest BCUT2D eigenvalue weighted by Gasteiger charge is -2.42. The van der Waals surface area contributed by atoms with Crippen LogP contribution in [0.5, 0.6) is 0 Å². The average molecular weight is 537 g/mol. The molecule has 0 fully saturated rings. The Morgan fingerprint density at radius 2 is 1.50 bits per heavy atom. The van der Waals surface area contributed by atoms with Gasteiger partial charge in [-0.1, -0.05) is 91.0 Å².